The highest BCUT2D eigenvalue weighted by Gasteiger charge is 2.17. The molecule has 0 heterocycles. The molecule has 0 saturated heterocycles. The maximum Gasteiger partial charge on any atom is 0.352 e. The average Bonchev–Trinajstić information content (AvgIpc) is 2.48. The van der Waals surface area contributed by atoms with Crippen molar-refractivity contribution in [3.05, 3.63) is 54.1 Å². The molecule has 5 heteroatoms. The molecule has 0 aliphatic rings. The monoisotopic (exact) mass is 313 g/mol. The summed E-state index contributed by atoms with van der Waals surface area (Å²) >= 11 is 0. The van der Waals surface area contributed by atoms with E-state index in [0.29, 0.717) is 17.2 Å². The Labute approximate surface area is 135 Å². The Morgan fingerprint density at radius 2 is 1.74 bits per heavy atom. The van der Waals surface area contributed by atoms with Gasteiger partial charge in [0.25, 0.3) is 0 Å². The molecule has 0 fully saturated rings. The van der Waals surface area contributed by atoms with Crippen molar-refractivity contribution in [1.29, 1.82) is 0 Å². The van der Waals surface area contributed by atoms with Crippen LogP contribution < -0.4 is 14.8 Å². The number of rotatable bonds is 5. The van der Waals surface area contributed by atoms with Gasteiger partial charge < -0.3 is 14.8 Å². The zero-order valence-electron chi connectivity index (χ0n) is 13.3. The molecule has 2 aromatic carbocycles. The van der Waals surface area contributed by atoms with Crippen LogP contribution in [0.15, 0.2) is 48.5 Å². The second-order valence-corrected chi connectivity index (χ2v) is 5.20. The number of hydrogen-bond donors (Lipinski definition) is 1. The van der Waals surface area contributed by atoms with E-state index in [2.05, 4.69) is 5.32 Å². The SMILES string of the molecule is CC(=O)Nc1ccc(OC(=O)[C@@H](C)Oc2cccc(C)c2)cc1. The number of esters is 1. The molecule has 1 N–H and O–H groups in total. The van der Waals surface area contributed by atoms with Crippen LogP contribution in [0.25, 0.3) is 0 Å². The standard InChI is InChI=1S/C18H19NO4/c1-12-5-4-6-17(11-12)22-13(2)18(21)23-16-9-7-15(8-10-16)19-14(3)20/h4-11,13H,1-3H3,(H,19,20)/t13-/m1/s1. The number of carbonyl (C=O) groups is 2. The van der Waals surface area contributed by atoms with Crippen molar-refractivity contribution in [3.8, 4) is 11.5 Å². The highest BCUT2D eigenvalue weighted by atomic mass is 16.6. The van der Waals surface area contributed by atoms with E-state index in [4.69, 9.17) is 9.47 Å². The number of aryl methyl sites for hydroxylation is 1. The maximum absolute atomic E-state index is 12.0. The Balaban J connectivity index is 1.94. The molecule has 1 atom stereocenters. The zero-order valence-corrected chi connectivity index (χ0v) is 13.3. The predicted octanol–water partition coefficient (Wildman–Crippen LogP) is 3.33. The van der Waals surface area contributed by atoms with Crippen LogP contribution in [0.2, 0.25) is 0 Å². The molecule has 0 bridgehead atoms. The molecule has 0 aromatic heterocycles. The van der Waals surface area contributed by atoms with Crippen molar-refractivity contribution < 1.29 is 19.1 Å². The van der Waals surface area contributed by atoms with Crippen LogP contribution in [0.1, 0.15) is 19.4 Å². The van der Waals surface area contributed by atoms with Crippen LogP contribution in [-0.4, -0.2) is 18.0 Å². The van der Waals surface area contributed by atoms with Gasteiger partial charge in [-0.3, -0.25) is 4.79 Å². The molecular weight excluding hydrogens is 294 g/mol. The van der Waals surface area contributed by atoms with E-state index in [9.17, 15) is 9.59 Å². The van der Waals surface area contributed by atoms with Gasteiger partial charge in [0.05, 0.1) is 0 Å². The molecular formula is C18H19NO4. The molecule has 0 aliphatic carbocycles. The summed E-state index contributed by atoms with van der Waals surface area (Å²) in [5, 5.41) is 2.64. The second kappa shape index (κ2) is 7.45. The van der Waals surface area contributed by atoms with Crippen molar-refractivity contribution in [1.82, 2.24) is 0 Å². The van der Waals surface area contributed by atoms with E-state index in [-0.39, 0.29) is 5.91 Å². The van der Waals surface area contributed by atoms with E-state index < -0.39 is 12.1 Å². The first kappa shape index (κ1) is 16.5. The van der Waals surface area contributed by atoms with E-state index in [1.807, 2.05) is 25.1 Å². The first-order chi connectivity index (χ1) is 10.9. The van der Waals surface area contributed by atoms with Gasteiger partial charge in [-0.25, -0.2) is 4.79 Å². The fraction of sp³-hybridized carbons (Fsp3) is 0.222. The quantitative estimate of drug-likeness (QED) is 0.679. The summed E-state index contributed by atoms with van der Waals surface area (Å²) in [7, 11) is 0. The van der Waals surface area contributed by atoms with Gasteiger partial charge in [-0.2, -0.15) is 0 Å². The lowest BCUT2D eigenvalue weighted by Crippen LogP contribution is -2.28. The molecule has 5 nitrogen and oxygen atoms in total. The molecule has 1 amide bonds. The smallest absolute Gasteiger partial charge is 0.352 e. The average molecular weight is 313 g/mol. The van der Waals surface area contributed by atoms with Gasteiger partial charge in [0.1, 0.15) is 11.5 Å². The lowest BCUT2D eigenvalue weighted by molar-refractivity contribution is -0.141. The lowest BCUT2D eigenvalue weighted by Gasteiger charge is -2.14. The van der Waals surface area contributed by atoms with Gasteiger partial charge in [0, 0.05) is 12.6 Å². The van der Waals surface area contributed by atoms with E-state index in [1.54, 1.807) is 37.3 Å². The summed E-state index contributed by atoms with van der Waals surface area (Å²) in [5.74, 6) is 0.368. The van der Waals surface area contributed by atoms with Gasteiger partial charge in [0.15, 0.2) is 6.10 Å². The van der Waals surface area contributed by atoms with Crippen LogP contribution in [0.3, 0.4) is 0 Å². The zero-order chi connectivity index (χ0) is 16.8. The second-order valence-electron chi connectivity index (χ2n) is 5.20. The van der Waals surface area contributed by atoms with Crippen LogP contribution in [0.5, 0.6) is 11.5 Å². The van der Waals surface area contributed by atoms with Crippen molar-refractivity contribution in [2.45, 2.75) is 26.9 Å². The van der Waals surface area contributed by atoms with Crippen molar-refractivity contribution in [2.24, 2.45) is 0 Å². The first-order valence-electron chi connectivity index (χ1n) is 7.27. The minimum absolute atomic E-state index is 0.157. The molecule has 0 unspecified atom stereocenters. The number of nitrogens with one attached hydrogen (secondary N) is 1. The van der Waals surface area contributed by atoms with Crippen LogP contribution >= 0.6 is 0 Å². The Bertz CT molecular complexity index is 694. The molecule has 0 saturated carbocycles. The maximum atomic E-state index is 12.0. The predicted molar refractivity (Wildman–Crippen MR) is 87.6 cm³/mol. The molecule has 0 radical (unpaired) electrons. The summed E-state index contributed by atoms with van der Waals surface area (Å²) < 4.78 is 10.8. The van der Waals surface area contributed by atoms with Crippen molar-refractivity contribution in [2.75, 3.05) is 5.32 Å². The summed E-state index contributed by atoms with van der Waals surface area (Å²) in [6.07, 6.45) is -0.730. The number of benzene rings is 2. The summed E-state index contributed by atoms with van der Waals surface area (Å²) in [6, 6.07) is 14.0. The largest absolute Gasteiger partial charge is 0.479 e. The van der Waals surface area contributed by atoms with E-state index in [1.165, 1.54) is 6.92 Å². The van der Waals surface area contributed by atoms with E-state index >= 15 is 0 Å². The summed E-state index contributed by atoms with van der Waals surface area (Å²) in [5.41, 5.74) is 1.69. The fourth-order valence-electron chi connectivity index (χ4n) is 1.95. The molecule has 2 rings (SSSR count). The van der Waals surface area contributed by atoms with Crippen molar-refractivity contribution >= 4 is 17.6 Å². The third-order valence-corrected chi connectivity index (χ3v) is 3.03. The van der Waals surface area contributed by atoms with Gasteiger partial charge in [-0.05, 0) is 55.8 Å². The van der Waals surface area contributed by atoms with Gasteiger partial charge in [-0.1, -0.05) is 12.1 Å². The Hall–Kier alpha value is -2.82. The fourth-order valence-corrected chi connectivity index (χ4v) is 1.95. The number of amides is 1. The molecule has 2 aromatic rings. The van der Waals surface area contributed by atoms with Crippen LogP contribution in [0.4, 0.5) is 5.69 Å². The number of carbonyl (C=O) groups excluding carboxylic acids is 2. The van der Waals surface area contributed by atoms with Gasteiger partial charge in [-0.15, -0.1) is 0 Å². The highest BCUT2D eigenvalue weighted by molar-refractivity contribution is 5.88. The molecule has 0 aliphatic heterocycles. The van der Waals surface area contributed by atoms with Gasteiger partial charge >= 0.3 is 5.97 Å². The summed E-state index contributed by atoms with van der Waals surface area (Å²) in [4.78, 5) is 23.0. The minimum atomic E-state index is -0.730. The number of anilines is 1. The lowest BCUT2D eigenvalue weighted by atomic mass is 10.2. The summed E-state index contributed by atoms with van der Waals surface area (Å²) in [6.45, 7) is 5.01. The van der Waals surface area contributed by atoms with Crippen molar-refractivity contribution in [3.63, 3.8) is 0 Å². The van der Waals surface area contributed by atoms with Gasteiger partial charge in [0.2, 0.25) is 5.91 Å². The number of ether oxygens (including phenoxy) is 2. The molecule has 120 valence electrons. The highest BCUT2D eigenvalue weighted by Crippen LogP contribution is 2.18. The number of hydrogen-bond acceptors (Lipinski definition) is 4. The third kappa shape index (κ3) is 5.14. The Morgan fingerprint density at radius 3 is 2.35 bits per heavy atom. The molecule has 23 heavy (non-hydrogen) atoms. The third-order valence-electron chi connectivity index (χ3n) is 3.03. The minimum Gasteiger partial charge on any atom is -0.479 e. The Morgan fingerprint density at radius 1 is 1.04 bits per heavy atom. The first-order valence-corrected chi connectivity index (χ1v) is 7.27. The molecule has 0 spiro atoms. The Kier molecular flexibility index (Phi) is 5.36. The van der Waals surface area contributed by atoms with Crippen LogP contribution in [-0.2, 0) is 9.59 Å². The van der Waals surface area contributed by atoms with E-state index in [0.717, 1.165) is 5.56 Å². The normalized spacial score (nSPS) is 11.4. The topological polar surface area (TPSA) is 64.6 Å². The van der Waals surface area contributed by atoms with Crippen LogP contribution in [0, 0.1) is 6.92 Å².